The van der Waals surface area contributed by atoms with Crippen LogP contribution in [-0.4, -0.2) is 70.5 Å². The highest BCUT2D eigenvalue weighted by Gasteiger charge is 2.15. The second kappa shape index (κ2) is 11.4. The summed E-state index contributed by atoms with van der Waals surface area (Å²) in [4.78, 5) is 13.4. The van der Waals surface area contributed by atoms with E-state index in [0.29, 0.717) is 19.6 Å². The Bertz CT molecular complexity index is 207. The molecule has 6 nitrogen and oxygen atoms in total. The number of methoxy groups -OCH3 is 2. The average molecular weight is 261 g/mol. The first-order valence-electron chi connectivity index (χ1n) is 6.38. The summed E-state index contributed by atoms with van der Waals surface area (Å²) in [7, 11) is 3.36. The molecule has 0 aliphatic carbocycles. The summed E-state index contributed by atoms with van der Waals surface area (Å²) in [6, 6.07) is -0.261. The minimum absolute atomic E-state index is 0.261. The summed E-state index contributed by atoms with van der Waals surface area (Å²) in [5.41, 5.74) is 5.34. The minimum atomic E-state index is -0.296. The van der Waals surface area contributed by atoms with Crippen molar-refractivity contribution in [1.29, 1.82) is 0 Å². The predicted molar refractivity (Wildman–Crippen MR) is 71.5 cm³/mol. The minimum Gasteiger partial charge on any atom is -0.383 e. The van der Waals surface area contributed by atoms with Crippen LogP contribution >= 0.6 is 0 Å². The lowest BCUT2D eigenvalue weighted by atomic mass is 10.2. The fraction of sp³-hybridized carbons (Fsp3) is 0.917. The molecular weight excluding hydrogens is 234 g/mol. The predicted octanol–water partition coefficient (Wildman–Crippen LogP) is -0.565. The number of nitrogens with one attached hydrogen (secondary N) is 1. The Labute approximate surface area is 110 Å². The third kappa shape index (κ3) is 8.41. The SMILES string of the molecule is CCNC(CCN(CCOC)CCOC)C(N)=O. The van der Waals surface area contributed by atoms with Crippen molar-refractivity contribution in [3.05, 3.63) is 0 Å². The average Bonchev–Trinajstić information content (AvgIpc) is 2.36. The maximum absolute atomic E-state index is 11.2. The Balaban J connectivity index is 4.06. The smallest absolute Gasteiger partial charge is 0.234 e. The van der Waals surface area contributed by atoms with E-state index in [0.717, 1.165) is 26.2 Å². The normalized spacial score (nSPS) is 12.9. The summed E-state index contributed by atoms with van der Waals surface area (Å²) in [6.45, 7) is 6.51. The lowest BCUT2D eigenvalue weighted by Gasteiger charge is -2.23. The molecule has 0 rings (SSSR count). The molecule has 0 saturated heterocycles. The van der Waals surface area contributed by atoms with Gasteiger partial charge in [0.2, 0.25) is 5.91 Å². The fourth-order valence-electron chi connectivity index (χ4n) is 1.68. The molecule has 1 atom stereocenters. The molecule has 0 aromatic rings. The number of rotatable bonds is 12. The molecule has 0 aromatic heterocycles. The van der Waals surface area contributed by atoms with E-state index in [1.807, 2.05) is 6.92 Å². The third-order valence-corrected chi connectivity index (χ3v) is 2.75. The van der Waals surface area contributed by atoms with Crippen molar-refractivity contribution in [2.75, 3.05) is 53.6 Å². The number of amides is 1. The molecule has 6 heteroatoms. The van der Waals surface area contributed by atoms with Crippen LogP contribution in [0.5, 0.6) is 0 Å². The van der Waals surface area contributed by atoms with Crippen LogP contribution < -0.4 is 11.1 Å². The Morgan fingerprint density at radius 2 is 1.78 bits per heavy atom. The highest BCUT2D eigenvalue weighted by molar-refractivity contribution is 5.79. The van der Waals surface area contributed by atoms with Gasteiger partial charge in [0, 0.05) is 33.9 Å². The number of ether oxygens (including phenoxy) is 2. The lowest BCUT2D eigenvalue weighted by Crippen LogP contribution is -2.44. The highest BCUT2D eigenvalue weighted by atomic mass is 16.5. The van der Waals surface area contributed by atoms with E-state index in [-0.39, 0.29) is 11.9 Å². The van der Waals surface area contributed by atoms with Gasteiger partial charge in [0.25, 0.3) is 0 Å². The summed E-state index contributed by atoms with van der Waals surface area (Å²) in [5, 5.41) is 3.09. The number of carbonyl (C=O) groups is 1. The molecule has 0 spiro atoms. The Hall–Kier alpha value is -0.690. The fourth-order valence-corrected chi connectivity index (χ4v) is 1.68. The molecular formula is C12H27N3O3. The summed E-state index contributed by atoms with van der Waals surface area (Å²) in [5.74, 6) is -0.296. The largest absolute Gasteiger partial charge is 0.383 e. The number of nitrogens with zero attached hydrogens (tertiary/aromatic N) is 1. The van der Waals surface area contributed by atoms with Crippen LogP contribution in [0, 0.1) is 0 Å². The number of nitrogens with two attached hydrogens (primary N) is 1. The molecule has 0 aliphatic heterocycles. The van der Waals surface area contributed by atoms with Crippen LogP contribution in [0.2, 0.25) is 0 Å². The highest BCUT2D eigenvalue weighted by Crippen LogP contribution is 1.97. The maximum Gasteiger partial charge on any atom is 0.234 e. The molecule has 0 bridgehead atoms. The van der Waals surface area contributed by atoms with Gasteiger partial charge in [0.1, 0.15) is 0 Å². The van der Waals surface area contributed by atoms with Gasteiger partial charge in [-0.3, -0.25) is 9.69 Å². The van der Waals surface area contributed by atoms with Crippen molar-refractivity contribution in [2.24, 2.45) is 5.73 Å². The second-order valence-electron chi connectivity index (χ2n) is 4.13. The number of primary amides is 1. The van der Waals surface area contributed by atoms with Gasteiger partial charge < -0.3 is 20.5 Å². The first-order chi connectivity index (χ1) is 8.65. The monoisotopic (exact) mass is 261 g/mol. The zero-order valence-electron chi connectivity index (χ0n) is 11.8. The Morgan fingerprint density at radius 1 is 1.22 bits per heavy atom. The van der Waals surface area contributed by atoms with Crippen LogP contribution in [0.25, 0.3) is 0 Å². The summed E-state index contributed by atoms with van der Waals surface area (Å²) < 4.78 is 10.1. The number of hydrogen-bond acceptors (Lipinski definition) is 5. The third-order valence-electron chi connectivity index (χ3n) is 2.75. The van der Waals surface area contributed by atoms with Crippen molar-refractivity contribution in [2.45, 2.75) is 19.4 Å². The van der Waals surface area contributed by atoms with Crippen molar-refractivity contribution < 1.29 is 14.3 Å². The molecule has 0 radical (unpaired) electrons. The zero-order chi connectivity index (χ0) is 13.8. The van der Waals surface area contributed by atoms with E-state index in [1.165, 1.54) is 0 Å². The molecule has 3 N–H and O–H groups in total. The molecule has 108 valence electrons. The van der Waals surface area contributed by atoms with E-state index >= 15 is 0 Å². The van der Waals surface area contributed by atoms with Crippen molar-refractivity contribution in [3.8, 4) is 0 Å². The number of likely N-dealkylation sites (N-methyl/N-ethyl adjacent to an activating group) is 1. The van der Waals surface area contributed by atoms with Gasteiger partial charge >= 0.3 is 0 Å². The van der Waals surface area contributed by atoms with Crippen LogP contribution in [0.15, 0.2) is 0 Å². The van der Waals surface area contributed by atoms with Crippen LogP contribution in [0.3, 0.4) is 0 Å². The molecule has 0 heterocycles. The van der Waals surface area contributed by atoms with Gasteiger partial charge in [-0.25, -0.2) is 0 Å². The molecule has 0 saturated carbocycles. The van der Waals surface area contributed by atoms with Crippen LogP contribution in [0.1, 0.15) is 13.3 Å². The van der Waals surface area contributed by atoms with Gasteiger partial charge in [-0.15, -0.1) is 0 Å². The van der Waals surface area contributed by atoms with Crippen LogP contribution in [0.4, 0.5) is 0 Å². The maximum atomic E-state index is 11.2. The van der Waals surface area contributed by atoms with Gasteiger partial charge in [-0.1, -0.05) is 6.92 Å². The van der Waals surface area contributed by atoms with E-state index in [1.54, 1.807) is 14.2 Å². The van der Waals surface area contributed by atoms with Gasteiger partial charge in [-0.05, 0) is 13.0 Å². The first kappa shape index (κ1) is 17.3. The van der Waals surface area contributed by atoms with E-state index in [4.69, 9.17) is 15.2 Å². The summed E-state index contributed by atoms with van der Waals surface area (Å²) >= 11 is 0. The van der Waals surface area contributed by atoms with Crippen molar-refractivity contribution in [3.63, 3.8) is 0 Å². The quantitative estimate of drug-likeness (QED) is 0.492. The van der Waals surface area contributed by atoms with E-state index in [2.05, 4.69) is 10.2 Å². The molecule has 1 amide bonds. The molecule has 0 aromatic carbocycles. The van der Waals surface area contributed by atoms with E-state index in [9.17, 15) is 4.79 Å². The Morgan fingerprint density at radius 3 is 2.17 bits per heavy atom. The first-order valence-corrected chi connectivity index (χ1v) is 6.38. The van der Waals surface area contributed by atoms with Gasteiger partial charge in [0.15, 0.2) is 0 Å². The number of carbonyl (C=O) groups excluding carboxylic acids is 1. The van der Waals surface area contributed by atoms with Gasteiger partial charge in [0.05, 0.1) is 19.3 Å². The lowest BCUT2D eigenvalue weighted by molar-refractivity contribution is -0.120. The van der Waals surface area contributed by atoms with E-state index < -0.39 is 0 Å². The molecule has 0 aliphatic rings. The molecule has 18 heavy (non-hydrogen) atoms. The standard InChI is InChI=1S/C12H27N3O3/c1-4-14-11(12(13)16)5-6-15(7-9-17-2)8-10-18-3/h11,14H,4-10H2,1-3H3,(H2,13,16). The zero-order valence-corrected chi connectivity index (χ0v) is 11.8. The van der Waals surface area contributed by atoms with Crippen LogP contribution in [-0.2, 0) is 14.3 Å². The van der Waals surface area contributed by atoms with Gasteiger partial charge in [-0.2, -0.15) is 0 Å². The second-order valence-corrected chi connectivity index (χ2v) is 4.13. The summed E-state index contributed by atoms with van der Waals surface area (Å²) in [6.07, 6.45) is 0.705. The topological polar surface area (TPSA) is 76.8 Å². The Kier molecular flexibility index (Phi) is 11.0. The molecule has 1 unspecified atom stereocenters. The number of hydrogen-bond donors (Lipinski definition) is 2. The van der Waals surface area contributed by atoms with Crippen molar-refractivity contribution >= 4 is 5.91 Å². The van der Waals surface area contributed by atoms with Crippen molar-refractivity contribution in [1.82, 2.24) is 10.2 Å². The molecule has 0 fully saturated rings.